The first-order valence-corrected chi connectivity index (χ1v) is 7.07. The molecule has 0 radical (unpaired) electrons. The first-order chi connectivity index (χ1) is 10.1. The summed E-state index contributed by atoms with van der Waals surface area (Å²) >= 11 is 0. The second kappa shape index (κ2) is 7.04. The molecule has 5 nitrogen and oxygen atoms in total. The molecule has 1 atom stereocenters. The van der Waals surface area contributed by atoms with Gasteiger partial charge in [-0.15, -0.1) is 0 Å². The quantitative estimate of drug-likeness (QED) is 0.804. The van der Waals surface area contributed by atoms with Crippen LogP contribution in [0.5, 0.6) is 0 Å². The monoisotopic (exact) mass is 288 g/mol. The zero-order chi connectivity index (χ0) is 15.2. The molecule has 1 fully saturated rings. The lowest BCUT2D eigenvalue weighted by Gasteiger charge is -2.31. The number of likely N-dealkylation sites (tertiary alicyclic amines) is 1. The lowest BCUT2D eigenvalue weighted by atomic mass is 9.96. The molecule has 0 aliphatic carbocycles. The van der Waals surface area contributed by atoms with Crippen molar-refractivity contribution in [2.45, 2.75) is 19.4 Å². The maximum absolute atomic E-state index is 11.3. The average Bonchev–Trinajstić information content (AvgIpc) is 2.46. The van der Waals surface area contributed by atoms with Gasteiger partial charge in [0.05, 0.1) is 5.92 Å². The summed E-state index contributed by atoms with van der Waals surface area (Å²) in [5, 5.41) is 8.73. The molecule has 1 saturated heterocycles. The number of rotatable bonds is 5. The number of hydrogen-bond donors (Lipinski definition) is 2. The number of benzene rings is 1. The van der Waals surface area contributed by atoms with E-state index in [0.29, 0.717) is 13.1 Å². The molecule has 1 aromatic carbocycles. The normalized spacial score (nSPS) is 19.7. The zero-order valence-corrected chi connectivity index (χ0v) is 11.9. The van der Waals surface area contributed by atoms with E-state index >= 15 is 0 Å². The number of nitrogens with zero attached hydrogens (tertiary/aromatic N) is 1. The van der Waals surface area contributed by atoms with Crippen LogP contribution in [0.3, 0.4) is 0 Å². The van der Waals surface area contributed by atoms with Crippen LogP contribution in [0, 0.1) is 5.92 Å². The van der Waals surface area contributed by atoms with Gasteiger partial charge < -0.3 is 10.8 Å². The topological polar surface area (TPSA) is 83.6 Å². The van der Waals surface area contributed by atoms with Crippen molar-refractivity contribution in [2.24, 2.45) is 11.7 Å². The molecule has 1 aliphatic rings. The first kappa shape index (κ1) is 15.3. The fraction of sp³-hybridized carbons (Fsp3) is 0.375. The molecule has 0 spiro atoms. The second-order valence-electron chi connectivity index (χ2n) is 5.35. The third-order valence-corrected chi connectivity index (χ3v) is 3.76. The fourth-order valence-electron chi connectivity index (χ4n) is 2.67. The van der Waals surface area contributed by atoms with Gasteiger partial charge in [-0.05, 0) is 36.6 Å². The van der Waals surface area contributed by atoms with Crippen molar-refractivity contribution in [1.29, 1.82) is 0 Å². The molecule has 112 valence electrons. The molecule has 3 N–H and O–H groups in total. The van der Waals surface area contributed by atoms with Gasteiger partial charge in [-0.25, -0.2) is 4.79 Å². The highest BCUT2D eigenvalue weighted by Crippen LogP contribution is 2.20. The minimum absolute atomic E-state index is 0.0829. The summed E-state index contributed by atoms with van der Waals surface area (Å²) in [6, 6.07) is 7.69. The van der Waals surface area contributed by atoms with Crippen LogP contribution in [0.15, 0.2) is 30.3 Å². The van der Waals surface area contributed by atoms with E-state index in [2.05, 4.69) is 4.90 Å². The van der Waals surface area contributed by atoms with Gasteiger partial charge in [-0.2, -0.15) is 0 Å². The van der Waals surface area contributed by atoms with E-state index in [1.54, 1.807) is 6.08 Å². The maximum Gasteiger partial charge on any atom is 0.328 e. The summed E-state index contributed by atoms with van der Waals surface area (Å²) in [4.78, 5) is 24.2. The molecule has 5 heteroatoms. The van der Waals surface area contributed by atoms with Crippen LogP contribution < -0.4 is 5.73 Å². The molecule has 1 aliphatic heterocycles. The molecule has 2 rings (SSSR count). The lowest BCUT2D eigenvalue weighted by molar-refractivity contribution is -0.131. The number of piperidine rings is 1. The minimum atomic E-state index is -0.962. The summed E-state index contributed by atoms with van der Waals surface area (Å²) in [6.45, 7) is 2.30. The molecule has 1 heterocycles. The molecule has 21 heavy (non-hydrogen) atoms. The smallest absolute Gasteiger partial charge is 0.328 e. The number of amides is 1. The Morgan fingerprint density at radius 3 is 2.86 bits per heavy atom. The molecule has 0 aromatic heterocycles. The molecule has 1 aromatic rings. The molecule has 1 amide bonds. The number of carboxylic acids is 1. The zero-order valence-electron chi connectivity index (χ0n) is 11.9. The van der Waals surface area contributed by atoms with Crippen molar-refractivity contribution in [1.82, 2.24) is 4.90 Å². The van der Waals surface area contributed by atoms with Crippen LogP contribution in [0.4, 0.5) is 0 Å². The van der Waals surface area contributed by atoms with Gasteiger partial charge in [0.2, 0.25) is 5.91 Å². The number of aliphatic carboxylic acids is 1. The number of carboxylic acid groups (broad SMARTS) is 1. The average molecular weight is 288 g/mol. The van der Waals surface area contributed by atoms with E-state index in [1.807, 2.05) is 24.3 Å². The first-order valence-electron chi connectivity index (χ1n) is 7.07. The Labute approximate surface area is 124 Å². The van der Waals surface area contributed by atoms with E-state index in [0.717, 1.165) is 36.6 Å². The van der Waals surface area contributed by atoms with Crippen LogP contribution in [-0.4, -0.2) is 35.0 Å². The summed E-state index contributed by atoms with van der Waals surface area (Å²) in [6.07, 6.45) is 4.56. The highest BCUT2D eigenvalue weighted by Gasteiger charge is 2.24. The van der Waals surface area contributed by atoms with Crippen LogP contribution >= 0.6 is 0 Å². The number of primary amides is 1. The molecular weight excluding hydrogens is 268 g/mol. The second-order valence-corrected chi connectivity index (χ2v) is 5.35. The number of carbonyl (C=O) groups excluding carboxylic acids is 1. The van der Waals surface area contributed by atoms with Crippen molar-refractivity contribution in [3.05, 3.63) is 41.5 Å². The third kappa shape index (κ3) is 4.43. The highest BCUT2D eigenvalue weighted by molar-refractivity contribution is 5.85. The fourth-order valence-corrected chi connectivity index (χ4v) is 2.67. The number of carbonyl (C=O) groups is 2. The Kier molecular flexibility index (Phi) is 5.11. The van der Waals surface area contributed by atoms with Crippen molar-refractivity contribution in [3.8, 4) is 0 Å². The van der Waals surface area contributed by atoms with Crippen molar-refractivity contribution in [3.63, 3.8) is 0 Å². The molecule has 1 unspecified atom stereocenters. The summed E-state index contributed by atoms with van der Waals surface area (Å²) in [7, 11) is 0. The van der Waals surface area contributed by atoms with Gasteiger partial charge in [0.1, 0.15) is 0 Å². The predicted octanol–water partition coefficient (Wildman–Crippen LogP) is 1.48. The van der Waals surface area contributed by atoms with Crippen LogP contribution in [0.25, 0.3) is 6.08 Å². The lowest BCUT2D eigenvalue weighted by Crippen LogP contribution is -2.40. The van der Waals surface area contributed by atoms with E-state index in [9.17, 15) is 9.59 Å². The summed E-state index contributed by atoms with van der Waals surface area (Å²) in [5.41, 5.74) is 7.34. The van der Waals surface area contributed by atoms with Gasteiger partial charge in [-0.3, -0.25) is 9.69 Å². The van der Waals surface area contributed by atoms with Crippen molar-refractivity contribution in [2.75, 3.05) is 13.1 Å². The van der Waals surface area contributed by atoms with Crippen molar-refractivity contribution < 1.29 is 14.7 Å². The van der Waals surface area contributed by atoms with Gasteiger partial charge in [0.25, 0.3) is 0 Å². The summed E-state index contributed by atoms with van der Waals surface area (Å²) < 4.78 is 0. The standard InChI is InChI=1S/C16H20N2O3/c17-16(21)14-6-3-9-18(11-14)10-13-5-2-1-4-12(13)7-8-15(19)20/h1-2,4-5,7-8,14H,3,6,9-11H2,(H2,17,21)(H,19,20). The van der Waals surface area contributed by atoms with Gasteiger partial charge in [0.15, 0.2) is 0 Å². The number of nitrogens with two attached hydrogens (primary N) is 1. The number of hydrogen-bond acceptors (Lipinski definition) is 3. The van der Waals surface area contributed by atoms with Crippen LogP contribution in [-0.2, 0) is 16.1 Å². The van der Waals surface area contributed by atoms with Crippen LogP contribution in [0.1, 0.15) is 24.0 Å². The van der Waals surface area contributed by atoms with Crippen molar-refractivity contribution >= 4 is 18.0 Å². The Hall–Kier alpha value is -2.14. The third-order valence-electron chi connectivity index (χ3n) is 3.76. The Balaban J connectivity index is 2.08. The largest absolute Gasteiger partial charge is 0.478 e. The predicted molar refractivity (Wildman–Crippen MR) is 80.3 cm³/mol. The van der Waals surface area contributed by atoms with E-state index < -0.39 is 5.97 Å². The van der Waals surface area contributed by atoms with Crippen LogP contribution in [0.2, 0.25) is 0 Å². The van der Waals surface area contributed by atoms with Gasteiger partial charge >= 0.3 is 5.97 Å². The Morgan fingerprint density at radius 1 is 1.38 bits per heavy atom. The maximum atomic E-state index is 11.3. The SMILES string of the molecule is NC(=O)C1CCCN(Cc2ccccc2C=CC(=O)O)C1. The molecule has 0 bridgehead atoms. The Morgan fingerprint density at radius 2 is 2.14 bits per heavy atom. The highest BCUT2D eigenvalue weighted by atomic mass is 16.4. The van der Waals surface area contributed by atoms with E-state index in [4.69, 9.17) is 10.8 Å². The summed E-state index contributed by atoms with van der Waals surface area (Å²) in [5.74, 6) is -1.28. The molecule has 0 saturated carbocycles. The molecular formula is C16H20N2O3. The van der Waals surface area contributed by atoms with Gasteiger partial charge in [0, 0.05) is 19.2 Å². The Bertz CT molecular complexity index is 554. The van der Waals surface area contributed by atoms with Gasteiger partial charge in [-0.1, -0.05) is 24.3 Å². The van der Waals surface area contributed by atoms with E-state index in [-0.39, 0.29) is 11.8 Å². The minimum Gasteiger partial charge on any atom is -0.478 e. The van der Waals surface area contributed by atoms with E-state index in [1.165, 1.54) is 0 Å².